The Morgan fingerprint density at radius 1 is 1.05 bits per heavy atom. The monoisotopic (exact) mass is 562 g/mol. The first-order valence-electron chi connectivity index (χ1n) is 6.95. The van der Waals surface area contributed by atoms with E-state index in [4.69, 9.17) is 14.2 Å². The lowest BCUT2D eigenvalue weighted by molar-refractivity contribution is -0.162. The highest BCUT2D eigenvalue weighted by molar-refractivity contribution is 9.30. The summed E-state index contributed by atoms with van der Waals surface area (Å²) in [7, 11) is 0. The minimum Gasteiger partial charge on any atom is -0.380 e. The van der Waals surface area contributed by atoms with Crippen LogP contribution in [0.4, 0.5) is 0 Å². The standard InChI is InChI=1S/C15H18Br4O3/c1-2-13(9-20-10-13)11-22-15(18,19)14(16,17)21-8-12-6-4-3-5-7-12/h3-7H,2,8-11H2,1H3. The van der Waals surface area contributed by atoms with Gasteiger partial charge >= 0.3 is 0 Å². The van der Waals surface area contributed by atoms with Crippen molar-refractivity contribution in [1.29, 1.82) is 0 Å². The van der Waals surface area contributed by atoms with Crippen LogP contribution in [0, 0.1) is 5.41 Å². The molecule has 1 heterocycles. The van der Waals surface area contributed by atoms with Gasteiger partial charge in [-0.05, 0) is 75.7 Å². The number of benzene rings is 1. The van der Waals surface area contributed by atoms with Crippen LogP contribution < -0.4 is 0 Å². The molecular formula is C15H18Br4O3. The summed E-state index contributed by atoms with van der Waals surface area (Å²) in [5.41, 5.74) is 1.18. The van der Waals surface area contributed by atoms with Gasteiger partial charge in [-0.2, -0.15) is 0 Å². The predicted molar refractivity (Wildman–Crippen MR) is 102 cm³/mol. The van der Waals surface area contributed by atoms with Gasteiger partial charge in [-0.3, -0.25) is 0 Å². The summed E-state index contributed by atoms with van der Waals surface area (Å²) in [4.78, 5) is 0. The molecule has 0 bridgehead atoms. The molecule has 1 saturated heterocycles. The molecule has 0 N–H and O–H groups in total. The van der Waals surface area contributed by atoms with Crippen molar-refractivity contribution in [1.82, 2.24) is 0 Å². The molecule has 1 aromatic rings. The van der Waals surface area contributed by atoms with Crippen LogP contribution in [0.5, 0.6) is 0 Å². The van der Waals surface area contributed by atoms with E-state index in [0.717, 1.165) is 25.2 Å². The second kappa shape index (κ2) is 7.93. The smallest absolute Gasteiger partial charge is 0.227 e. The molecule has 3 nitrogen and oxygen atoms in total. The van der Waals surface area contributed by atoms with Crippen LogP contribution >= 0.6 is 63.7 Å². The van der Waals surface area contributed by atoms with Crippen LogP contribution in [0.25, 0.3) is 0 Å². The lowest BCUT2D eigenvalue weighted by atomic mass is 9.84. The molecule has 22 heavy (non-hydrogen) atoms. The zero-order valence-electron chi connectivity index (χ0n) is 12.2. The van der Waals surface area contributed by atoms with Gasteiger partial charge in [0.25, 0.3) is 0 Å². The molecule has 0 atom stereocenters. The lowest BCUT2D eigenvalue weighted by Crippen LogP contribution is -2.49. The van der Waals surface area contributed by atoms with Crippen molar-refractivity contribution in [2.45, 2.75) is 26.8 Å². The van der Waals surface area contributed by atoms with E-state index in [0.29, 0.717) is 13.2 Å². The van der Waals surface area contributed by atoms with E-state index < -0.39 is 6.84 Å². The minimum atomic E-state index is -0.914. The van der Waals surface area contributed by atoms with E-state index in [1.807, 2.05) is 30.3 Å². The van der Waals surface area contributed by atoms with Crippen molar-refractivity contribution in [3.8, 4) is 0 Å². The van der Waals surface area contributed by atoms with Gasteiger partial charge < -0.3 is 14.2 Å². The molecule has 1 aromatic carbocycles. The highest BCUT2D eigenvalue weighted by Gasteiger charge is 2.50. The molecule has 0 aliphatic carbocycles. The average Bonchev–Trinajstić information content (AvgIpc) is 2.45. The van der Waals surface area contributed by atoms with Crippen molar-refractivity contribution < 1.29 is 14.2 Å². The van der Waals surface area contributed by atoms with Crippen LogP contribution in [-0.4, -0.2) is 26.7 Å². The van der Waals surface area contributed by atoms with Gasteiger partial charge in [0, 0.05) is 5.41 Å². The molecule has 0 radical (unpaired) electrons. The van der Waals surface area contributed by atoms with Crippen LogP contribution in [0.15, 0.2) is 30.3 Å². The maximum atomic E-state index is 6.02. The third-order valence-corrected chi connectivity index (χ3v) is 9.01. The van der Waals surface area contributed by atoms with E-state index in [9.17, 15) is 0 Å². The summed E-state index contributed by atoms with van der Waals surface area (Å²) < 4.78 is 15.4. The fourth-order valence-electron chi connectivity index (χ4n) is 1.94. The second-order valence-corrected chi connectivity index (χ2v) is 12.0. The Hall–Kier alpha value is 1.02. The number of hydrogen-bond donors (Lipinski definition) is 0. The fourth-order valence-corrected chi connectivity index (χ4v) is 2.86. The first kappa shape index (κ1) is 19.3. The lowest BCUT2D eigenvalue weighted by Gasteiger charge is -2.43. The van der Waals surface area contributed by atoms with E-state index >= 15 is 0 Å². The quantitative estimate of drug-likeness (QED) is 0.388. The van der Waals surface area contributed by atoms with E-state index in [-0.39, 0.29) is 5.41 Å². The zero-order valence-corrected chi connectivity index (χ0v) is 18.5. The summed E-state index contributed by atoms with van der Waals surface area (Å²) in [5, 5.41) is 0. The van der Waals surface area contributed by atoms with E-state index in [1.165, 1.54) is 0 Å². The summed E-state index contributed by atoms with van der Waals surface area (Å²) in [6, 6.07) is 9.97. The fraction of sp³-hybridized carbons (Fsp3) is 0.600. The maximum absolute atomic E-state index is 6.02. The molecule has 0 spiro atoms. The van der Waals surface area contributed by atoms with Gasteiger partial charge in [-0.15, -0.1) is 0 Å². The van der Waals surface area contributed by atoms with Crippen molar-refractivity contribution in [3.05, 3.63) is 35.9 Å². The Bertz CT molecular complexity index is 469. The van der Waals surface area contributed by atoms with E-state index in [2.05, 4.69) is 70.6 Å². The van der Waals surface area contributed by atoms with E-state index in [1.54, 1.807) is 0 Å². The molecule has 0 saturated carbocycles. The maximum Gasteiger partial charge on any atom is 0.227 e. The van der Waals surface area contributed by atoms with Crippen LogP contribution in [0.2, 0.25) is 0 Å². The topological polar surface area (TPSA) is 27.7 Å². The Balaban J connectivity index is 1.91. The molecule has 0 unspecified atom stereocenters. The summed E-state index contributed by atoms with van der Waals surface area (Å²) in [6.45, 7) is 4.65. The van der Waals surface area contributed by atoms with Crippen molar-refractivity contribution in [3.63, 3.8) is 0 Å². The summed E-state index contributed by atoms with van der Waals surface area (Å²) in [5.74, 6) is 0. The third kappa shape index (κ3) is 4.77. The molecule has 1 aliphatic rings. The SMILES string of the molecule is CCC1(COC(Br)(Br)C(Br)(Br)OCc2ccccc2)COC1. The molecular weight excluding hydrogens is 548 g/mol. The second-order valence-electron chi connectivity index (χ2n) is 5.44. The number of ether oxygens (including phenoxy) is 3. The predicted octanol–water partition coefficient (Wildman–Crippen LogP) is 5.53. The number of hydrogen-bond acceptors (Lipinski definition) is 3. The van der Waals surface area contributed by atoms with Crippen LogP contribution in [0.3, 0.4) is 0 Å². The number of rotatable bonds is 8. The van der Waals surface area contributed by atoms with Gasteiger partial charge in [-0.1, -0.05) is 37.3 Å². The normalized spacial score (nSPS) is 18.0. The average molecular weight is 566 g/mol. The largest absolute Gasteiger partial charge is 0.380 e. The molecule has 7 heteroatoms. The third-order valence-electron chi connectivity index (χ3n) is 3.73. The Kier molecular flexibility index (Phi) is 6.98. The van der Waals surface area contributed by atoms with Gasteiger partial charge in [-0.25, -0.2) is 0 Å². The van der Waals surface area contributed by atoms with Gasteiger partial charge in [0.15, 0.2) is 0 Å². The summed E-state index contributed by atoms with van der Waals surface area (Å²) in [6.07, 6.45) is 1.02. The first-order chi connectivity index (χ1) is 10.3. The Labute approximate surface area is 165 Å². The molecule has 1 aliphatic heterocycles. The highest BCUT2D eigenvalue weighted by Crippen LogP contribution is 2.51. The Morgan fingerprint density at radius 2 is 1.64 bits per heavy atom. The summed E-state index contributed by atoms with van der Waals surface area (Å²) >= 11 is 14.2. The highest BCUT2D eigenvalue weighted by atomic mass is 79.9. The molecule has 0 aromatic heterocycles. The zero-order chi connectivity index (χ0) is 16.3. The van der Waals surface area contributed by atoms with Crippen molar-refractivity contribution in [2.75, 3.05) is 19.8 Å². The van der Waals surface area contributed by atoms with Crippen molar-refractivity contribution in [2.24, 2.45) is 5.41 Å². The molecule has 1 fully saturated rings. The Morgan fingerprint density at radius 3 is 2.14 bits per heavy atom. The van der Waals surface area contributed by atoms with Crippen LogP contribution in [-0.2, 0) is 20.8 Å². The van der Waals surface area contributed by atoms with Crippen molar-refractivity contribution >= 4 is 63.7 Å². The first-order valence-corrected chi connectivity index (χ1v) is 10.1. The number of halogens is 4. The van der Waals surface area contributed by atoms with Gasteiger partial charge in [0.05, 0.1) is 26.4 Å². The molecule has 0 amide bonds. The molecule has 2 rings (SSSR count). The minimum absolute atomic E-state index is 0.0995. The van der Waals surface area contributed by atoms with Crippen LogP contribution in [0.1, 0.15) is 18.9 Å². The van der Waals surface area contributed by atoms with Gasteiger partial charge in [0.2, 0.25) is 6.84 Å². The number of alkyl halides is 4. The molecule has 124 valence electrons. The van der Waals surface area contributed by atoms with Gasteiger partial charge in [0.1, 0.15) is 0 Å².